The van der Waals surface area contributed by atoms with Gasteiger partial charge in [-0.15, -0.1) is 0 Å². The fourth-order valence-corrected chi connectivity index (χ4v) is 2.14. The fourth-order valence-electron chi connectivity index (χ4n) is 1.91. The van der Waals surface area contributed by atoms with E-state index in [9.17, 15) is 0 Å². The predicted octanol–water partition coefficient (Wildman–Crippen LogP) is 3.85. The highest BCUT2D eigenvalue weighted by Gasteiger charge is 2.16. The minimum absolute atomic E-state index is 0.000740. The van der Waals surface area contributed by atoms with Gasteiger partial charge in [0.15, 0.2) is 0 Å². The number of rotatable bonds is 6. The summed E-state index contributed by atoms with van der Waals surface area (Å²) in [5.74, 6) is 0.890. The van der Waals surface area contributed by atoms with Crippen molar-refractivity contribution in [2.45, 2.75) is 46.3 Å². The van der Waals surface area contributed by atoms with Crippen LogP contribution in [0.3, 0.4) is 0 Å². The van der Waals surface area contributed by atoms with E-state index in [0.29, 0.717) is 6.61 Å². The number of aryl methyl sites for hydroxylation is 2. The van der Waals surface area contributed by atoms with E-state index in [1.54, 1.807) is 7.11 Å². The summed E-state index contributed by atoms with van der Waals surface area (Å²) in [5, 5.41) is 3.45. The summed E-state index contributed by atoms with van der Waals surface area (Å²) in [6.07, 6.45) is -0.000740. The van der Waals surface area contributed by atoms with E-state index in [4.69, 9.17) is 9.47 Å². The minimum Gasteiger partial charge on any atom is -0.487 e. The molecule has 0 heterocycles. The van der Waals surface area contributed by atoms with E-state index < -0.39 is 0 Å². The third-order valence-electron chi connectivity index (χ3n) is 2.93. The van der Waals surface area contributed by atoms with Crippen molar-refractivity contribution in [3.05, 3.63) is 27.7 Å². The third kappa shape index (κ3) is 5.81. The highest BCUT2D eigenvalue weighted by molar-refractivity contribution is 9.10. The van der Waals surface area contributed by atoms with Gasteiger partial charge in [-0.05, 0) is 57.9 Å². The van der Waals surface area contributed by atoms with E-state index >= 15 is 0 Å². The van der Waals surface area contributed by atoms with Crippen LogP contribution >= 0.6 is 15.9 Å². The van der Waals surface area contributed by atoms with Gasteiger partial charge in [-0.25, -0.2) is 0 Å². The van der Waals surface area contributed by atoms with E-state index in [-0.39, 0.29) is 11.6 Å². The summed E-state index contributed by atoms with van der Waals surface area (Å²) in [5.41, 5.74) is 2.43. The molecule has 0 spiro atoms. The number of hydrogen-bond donors (Lipinski definition) is 1. The van der Waals surface area contributed by atoms with Crippen molar-refractivity contribution in [3.8, 4) is 5.75 Å². The molecule has 0 radical (unpaired) electrons. The second kappa shape index (κ2) is 7.43. The van der Waals surface area contributed by atoms with Crippen LogP contribution < -0.4 is 10.1 Å². The van der Waals surface area contributed by atoms with Gasteiger partial charge >= 0.3 is 0 Å². The molecular weight excluding hydrogens is 318 g/mol. The van der Waals surface area contributed by atoms with Crippen molar-refractivity contribution in [1.82, 2.24) is 5.32 Å². The maximum atomic E-state index is 6.06. The topological polar surface area (TPSA) is 30.5 Å². The van der Waals surface area contributed by atoms with E-state index in [1.165, 1.54) is 11.1 Å². The second-order valence-electron chi connectivity index (χ2n) is 6.20. The summed E-state index contributed by atoms with van der Waals surface area (Å²) in [7, 11) is 1.70. The maximum Gasteiger partial charge on any atom is 0.134 e. The van der Waals surface area contributed by atoms with Crippen LogP contribution in [0.15, 0.2) is 16.6 Å². The Morgan fingerprint density at radius 2 is 1.75 bits per heavy atom. The standard InChI is InChI=1S/C16H26BrNO2/c1-11-7-13(8-12(2)15(11)17)20-14(10-19-6)9-18-16(3,4)5/h7-8,14,18H,9-10H2,1-6H3. The Morgan fingerprint density at radius 1 is 1.20 bits per heavy atom. The summed E-state index contributed by atoms with van der Waals surface area (Å²) >= 11 is 3.57. The van der Waals surface area contributed by atoms with Crippen LogP contribution in [-0.2, 0) is 4.74 Å². The van der Waals surface area contributed by atoms with Crippen molar-refractivity contribution in [2.24, 2.45) is 0 Å². The zero-order valence-corrected chi connectivity index (χ0v) is 14.9. The van der Waals surface area contributed by atoms with Gasteiger partial charge in [0.1, 0.15) is 11.9 Å². The fraction of sp³-hybridized carbons (Fsp3) is 0.625. The average Bonchev–Trinajstić information content (AvgIpc) is 2.32. The molecular formula is C16H26BrNO2. The Hall–Kier alpha value is -0.580. The van der Waals surface area contributed by atoms with Crippen LogP contribution in [0.4, 0.5) is 0 Å². The van der Waals surface area contributed by atoms with E-state index in [2.05, 4.69) is 68.0 Å². The highest BCUT2D eigenvalue weighted by Crippen LogP contribution is 2.26. The van der Waals surface area contributed by atoms with Gasteiger partial charge < -0.3 is 14.8 Å². The molecule has 1 N–H and O–H groups in total. The lowest BCUT2D eigenvalue weighted by Crippen LogP contribution is -2.44. The van der Waals surface area contributed by atoms with Crippen molar-refractivity contribution in [1.29, 1.82) is 0 Å². The van der Waals surface area contributed by atoms with Gasteiger partial charge in [0.05, 0.1) is 6.61 Å². The van der Waals surface area contributed by atoms with Crippen molar-refractivity contribution < 1.29 is 9.47 Å². The summed E-state index contributed by atoms with van der Waals surface area (Å²) in [6, 6.07) is 4.10. The molecule has 0 aliphatic rings. The molecule has 0 saturated carbocycles. The van der Waals surface area contributed by atoms with Crippen molar-refractivity contribution in [2.75, 3.05) is 20.3 Å². The number of nitrogens with one attached hydrogen (secondary N) is 1. The Kier molecular flexibility index (Phi) is 6.49. The molecule has 0 fully saturated rings. The van der Waals surface area contributed by atoms with Crippen LogP contribution in [-0.4, -0.2) is 31.9 Å². The quantitative estimate of drug-likeness (QED) is 0.850. The molecule has 0 aromatic heterocycles. The Bertz CT molecular complexity index is 418. The number of benzene rings is 1. The molecule has 20 heavy (non-hydrogen) atoms. The average molecular weight is 344 g/mol. The third-order valence-corrected chi connectivity index (χ3v) is 4.18. The molecule has 0 aliphatic heterocycles. The summed E-state index contributed by atoms with van der Waals surface area (Å²) in [4.78, 5) is 0. The Morgan fingerprint density at radius 3 is 2.20 bits per heavy atom. The first-order valence-electron chi connectivity index (χ1n) is 6.90. The van der Waals surface area contributed by atoms with Gasteiger partial charge in [-0.1, -0.05) is 15.9 Å². The van der Waals surface area contributed by atoms with Crippen molar-refractivity contribution in [3.63, 3.8) is 0 Å². The molecule has 0 bridgehead atoms. The normalized spacial score (nSPS) is 13.3. The lowest BCUT2D eigenvalue weighted by atomic mass is 10.1. The smallest absolute Gasteiger partial charge is 0.134 e. The molecule has 1 rings (SSSR count). The summed E-state index contributed by atoms with van der Waals surface area (Å²) < 4.78 is 12.4. The van der Waals surface area contributed by atoms with Gasteiger partial charge in [0.25, 0.3) is 0 Å². The molecule has 114 valence electrons. The van der Waals surface area contributed by atoms with Gasteiger partial charge in [-0.2, -0.15) is 0 Å². The number of halogens is 1. The number of methoxy groups -OCH3 is 1. The summed E-state index contributed by atoms with van der Waals surface area (Å²) in [6.45, 7) is 11.9. The van der Waals surface area contributed by atoms with Crippen LogP contribution in [0.1, 0.15) is 31.9 Å². The van der Waals surface area contributed by atoms with Crippen LogP contribution in [0.5, 0.6) is 5.75 Å². The van der Waals surface area contributed by atoms with E-state index in [1.807, 2.05) is 0 Å². The minimum atomic E-state index is -0.000740. The van der Waals surface area contributed by atoms with Crippen LogP contribution in [0, 0.1) is 13.8 Å². The molecule has 1 atom stereocenters. The largest absolute Gasteiger partial charge is 0.487 e. The molecule has 3 nitrogen and oxygen atoms in total. The Balaban J connectivity index is 2.75. The first-order valence-corrected chi connectivity index (χ1v) is 7.69. The van der Waals surface area contributed by atoms with Crippen molar-refractivity contribution >= 4 is 15.9 Å². The molecule has 1 unspecified atom stereocenters. The van der Waals surface area contributed by atoms with Gasteiger partial charge in [0.2, 0.25) is 0 Å². The van der Waals surface area contributed by atoms with Crippen LogP contribution in [0.2, 0.25) is 0 Å². The maximum absolute atomic E-state index is 6.06. The van der Waals surface area contributed by atoms with Crippen LogP contribution in [0.25, 0.3) is 0 Å². The zero-order valence-electron chi connectivity index (χ0n) is 13.3. The molecule has 4 heteroatoms. The molecule has 1 aromatic carbocycles. The first kappa shape index (κ1) is 17.5. The number of ether oxygens (including phenoxy) is 2. The molecule has 0 aliphatic carbocycles. The molecule has 0 saturated heterocycles. The van der Waals surface area contributed by atoms with E-state index in [0.717, 1.165) is 16.8 Å². The molecule has 1 aromatic rings. The SMILES string of the molecule is COCC(CNC(C)(C)C)Oc1cc(C)c(Br)c(C)c1. The lowest BCUT2D eigenvalue weighted by molar-refractivity contribution is 0.0764. The first-order chi connectivity index (χ1) is 9.23. The number of hydrogen-bond acceptors (Lipinski definition) is 3. The van der Waals surface area contributed by atoms with Gasteiger partial charge in [-0.3, -0.25) is 0 Å². The van der Waals surface area contributed by atoms with Gasteiger partial charge in [0, 0.05) is 23.7 Å². The highest BCUT2D eigenvalue weighted by atomic mass is 79.9. The predicted molar refractivity (Wildman–Crippen MR) is 87.7 cm³/mol. The molecule has 0 amide bonds. The second-order valence-corrected chi connectivity index (χ2v) is 6.99. The zero-order chi connectivity index (χ0) is 15.3. The monoisotopic (exact) mass is 343 g/mol. The Labute approximate surface area is 131 Å². The lowest BCUT2D eigenvalue weighted by Gasteiger charge is -2.26.